The first kappa shape index (κ1) is 21.0. The van der Waals surface area contributed by atoms with Crippen molar-refractivity contribution < 1.29 is 9.47 Å². The summed E-state index contributed by atoms with van der Waals surface area (Å²) in [7, 11) is 7.25. The van der Waals surface area contributed by atoms with Gasteiger partial charge in [0, 0.05) is 48.8 Å². The molecule has 0 aliphatic carbocycles. The Morgan fingerprint density at radius 1 is 0.692 bits per heavy atom. The van der Waals surface area contributed by atoms with Crippen molar-refractivity contribution >= 4 is 21.6 Å². The van der Waals surface area contributed by atoms with Gasteiger partial charge in [-0.1, -0.05) is 58.0 Å². The molecule has 2 aromatic carbocycles. The third kappa shape index (κ3) is 7.50. The maximum Gasteiger partial charge on any atom is 0.123 e. The number of methoxy groups -OCH3 is 2. The fourth-order valence-electron chi connectivity index (χ4n) is 2.49. The van der Waals surface area contributed by atoms with Crippen molar-refractivity contribution in [2.45, 2.75) is 13.1 Å². The monoisotopic (exact) mass is 392 g/mol. The molecule has 0 spiro atoms. The Balaban J connectivity index is 1.47. The van der Waals surface area contributed by atoms with Crippen molar-refractivity contribution in [1.29, 1.82) is 0 Å². The summed E-state index contributed by atoms with van der Waals surface area (Å²) >= 11 is 0. The minimum absolute atomic E-state index is 0.843. The highest BCUT2D eigenvalue weighted by Gasteiger charge is 2.01. The van der Waals surface area contributed by atoms with Crippen LogP contribution in [0.5, 0.6) is 11.5 Å². The third-order valence-corrected chi connectivity index (χ3v) is 6.23. The summed E-state index contributed by atoms with van der Waals surface area (Å²) < 4.78 is 10.7. The topological polar surface area (TPSA) is 42.5 Å². The van der Waals surface area contributed by atoms with Gasteiger partial charge in [-0.15, -0.1) is 0 Å². The Morgan fingerprint density at radius 3 is 1.54 bits per heavy atom. The Hall–Kier alpha value is -1.34. The molecule has 0 fully saturated rings. The van der Waals surface area contributed by atoms with Crippen LogP contribution in [0.3, 0.4) is 0 Å². The highest BCUT2D eigenvalue weighted by molar-refractivity contribution is 8.76. The number of nitrogens with one attached hydrogen (secondary N) is 2. The van der Waals surface area contributed by atoms with Gasteiger partial charge in [0.1, 0.15) is 11.5 Å². The van der Waals surface area contributed by atoms with Gasteiger partial charge in [0.2, 0.25) is 0 Å². The van der Waals surface area contributed by atoms with Crippen LogP contribution in [0, 0.1) is 0 Å². The highest BCUT2D eigenvalue weighted by Crippen LogP contribution is 2.21. The molecule has 0 saturated heterocycles. The van der Waals surface area contributed by atoms with E-state index >= 15 is 0 Å². The van der Waals surface area contributed by atoms with Gasteiger partial charge < -0.3 is 20.1 Å². The first-order valence-corrected chi connectivity index (χ1v) is 11.2. The second-order valence-electron chi connectivity index (χ2n) is 5.62. The number of benzene rings is 2. The zero-order valence-electron chi connectivity index (χ0n) is 15.5. The molecule has 26 heavy (non-hydrogen) atoms. The van der Waals surface area contributed by atoms with Crippen molar-refractivity contribution in [1.82, 2.24) is 10.6 Å². The highest BCUT2D eigenvalue weighted by atomic mass is 33.1. The van der Waals surface area contributed by atoms with E-state index in [1.54, 1.807) is 14.2 Å². The van der Waals surface area contributed by atoms with E-state index in [1.807, 2.05) is 58.0 Å². The Bertz CT molecular complexity index is 585. The van der Waals surface area contributed by atoms with Gasteiger partial charge in [-0.3, -0.25) is 0 Å². The fraction of sp³-hybridized carbons (Fsp3) is 0.400. The van der Waals surface area contributed by atoms with Crippen LogP contribution < -0.4 is 20.1 Å². The molecule has 0 aromatic heterocycles. The molecule has 0 aliphatic rings. The molecule has 2 aromatic rings. The standard InChI is InChI=1S/C20H28N2O2S2/c1-23-19-9-5-3-7-17(19)15-21-11-13-25-26-14-12-22-16-18-8-4-6-10-20(18)24-2/h3-10,21-22H,11-16H2,1-2H3. The smallest absolute Gasteiger partial charge is 0.123 e. The van der Waals surface area contributed by atoms with Gasteiger partial charge in [0.15, 0.2) is 0 Å². The van der Waals surface area contributed by atoms with Crippen molar-refractivity contribution in [3.63, 3.8) is 0 Å². The average molecular weight is 393 g/mol. The van der Waals surface area contributed by atoms with E-state index in [-0.39, 0.29) is 0 Å². The zero-order chi connectivity index (χ0) is 18.5. The molecular weight excluding hydrogens is 364 g/mol. The van der Waals surface area contributed by atoms with Gasteiger partial charge in [0.05, 0.1) is 14.2 Å². The number of para-hydroxylation sites is 2. The van der Waals surface area contributed by atoms with E-state index < -0.39 is 0 Å². The van der Waals surface area contributed by atoms with E-state index in [4.69, 9.17) is 9.47 Å². The minimum Gasteiger partial charge on any atom is -0.496 e. The molecule has 0 amide bonds. The molecule has 4 nitrogen and oxygen atoms in total. The van der Waals surface area contributed by atoms with Crippen LogP contribution in [-0.4, -0.2) is 38.8 Å². The molecule has 0 unspecified atom stereocenters. The molecule has 2 rings (SSSR count). The molecule has 2 N–H and O–H groups in total. The molecule has 0 atom stereocenters. The molecular formula is C20H28N2O2S2. The van der Waals surface area contributed by atoms with Crippen molar-refractivity contribution in [3.05, 3.63) is 59.7 Å². The molecule has 0 saturated carbocycles. The predicted octanol–water partition coefficient (Wildman–Crippen LogP) is 3.96. The lowest BCUT2D eigenvalue weighted by Gasteiger charge is -2.10. The average Bonchev–Trinajstić information content (AvgIpc) is 2.70. The molecule has 0 radical (unpaired) electrons. The SMILES string of the molecule is COc1ccccc1CNCCSSCCNCc1ccccc1OC. The second-order valence-corrected chi connectivity index (χ2v) is 8.32. The lowest BCUT2D eigenvalue weighted by atomic mass is 10.2. The summed E-state index contributed by atoms with van der Waals surface area (Å²) in [6, 6.07) is 16.3. The van der Waals surface area contributed by atoms with Crippen molar-refractivity contribution in [2.24, 2.45) is 0 Å². The summed E-state index contributed by atoms with van der Waals surface area (Å²) in [6.07, 6.45) is 0. The van der Waals surface area contributed by atoms with E-state index in [2.05, 4.69) is 22.8 Å². The summed E-state index contributed by atoms with van der Waals surface area (Å²) in [4.78, 5) is 0. The second kappa shape index (κ2) is 12.9. The maximum atomic E-state index is 5.36. The Morgan fingerprint density at radius 2 is 1.12 bits per heavy atom. The van der Waals surface area contributed by atoms with Gasteiger partial charge in [-0.25, -0.2) is 0 Å². The van der Waals surface area contributed by atoms with Crippen LogP contribution in [0.4, 0.5) is 0 Å². The molecule has 0 bridgehead atoms. The minimum atomic E-state index is 0.843. The van der Waals surface area contributed by atoms with Gasteiger partial charge in [0.25, 0.3) is 0 Å². The summed E-state index contributed by atoms with van der Waals surface area (Å²) in [5, 5.41) is 6.94. The van der Waals surface area contributed by atoms with Crippen LogP contribution >= 0.6 is 21.6 Å². The maximum absolute atomic E-state index is 5.36. The van der Waals surface area contributed by atoms with Crippen LogP contribution in [0.1, 0.15) is 11.1 Å². The first-order valence-electron chi connectivity index (χ1n) is 8.74. The van der Waals surface area contributed by atoms with Gasteiger partial charge in [-0.05, 0) is 12.1 Å². The lowest BCUT2D eigenvalue weighted by Crippen LogP contribution is -2.17. The molecule has 6 heteroatoms. The molecule has 0 heterocycles. The lowest BCUT2D eigenvalue weighted by molar-refractivity contribution is 0.408. The van der Waals surface area contributed by atoms with E-state index in [1.165, 1.54) is 11.1 Å². The zero-order valence-corrected chi connectivity index (χ0v) is 17.1. The predicted molar refractivity (Wildman–Crippen MR) is 114 cm³/mol. The van der Waals surface area contributed by atoms with E-state index in [0.717, 1.165) is 49.2 Å². The van der Waals surface area contributed by atoms with Crippen molar-refractivity contribution in [2.75, 3.05) is 38.8 Å². The normalized spacial score (nSPS) is 10.7. The number of hydrogen-bond acceptors (Lipinski definition) is 6. The van der Waals surface area contributed by atoms with E-state index in [9.17, 15) is 0 Å². The van der Waals surface area contributed by atoms with Crippen LogP contribution in [0.25, 0.3) is 0 Å². The Labute approximate surface area is 164 Å². The van der Waals surface area contributed by atoms with Gasteiger partial charge in [-0.2, -0.15) is 0 Å². The molecule has 0 aliphatic heterocycles. The van der Waals surface area contributed by atoms with Gasteiger partial charge >= 0.3 is 0 Å². The van der Waals surface area contributed by atoms with Crippen LogP contribution in [0.2, 0.25) is 0 Å². The van der Waals surface area contributed by atoms with Crippen LogP contribution in [-0.2, 0) is 13.1 Å². The first-order chi connectivity index (χ1) is 12.8. The quantitative estimate of drug-likeness (QED) is 0.397. The summed E-state index contributed by atoms with van der Waals surface area (Å²) in [5.74, 6) is 4.07. The number of hydrogen-bond donors (Lipinski definition) is 2. The summed E-state index contributed by atoms with van der Waals surface area (Å²) in [5.41, 5.74) is 2.40. The third-order valence-electron chi connectivity index (χ3n) is 3.82. The molecule has 142 valence electrons. The Kier molecular flexibility index (Phi) is 10.4. The van der Waals surface area contributed by atoms with Crippen LogP contribution in [0.15, 0.2) is 48.5 Å². The fourth-order valence-corrected chi connectivity index (χ4v) is 4.39. The number of ether oxygens (including phenoxy) is 2. The van der Waals surface area contributed by atoms with Crippen molar-refractivity contribution in [3.8, 4) is 11.5 Å². The largest absolute Gasteiger partial charge is 0.496 e. The summed E-state index contributed by atoms with van der Waals surface area (Å²) in [6.45, 7) is 3.67. The number of rotatable bonds is 13. The van der Waals surface area contributed by atoms with E-state index in [0.29, 0.717) is 0 Å².